The lowest BCUT2D eigenvalue weighted by molar-refractivity contribution is -0.145. The van der Waals surface area contributed by atoms with Crippen molar-refractivity contribution in [3.63, 3.8) is 0 Å². The molecule has 34 heavy (non-hydrogen) atoms. The van der Waals surface area contributed by atoms with Crippen LogP contribution in [0.1, 0.15) is 44.2 Å². The molecule has 0 aliphatic heterocycles. The topological polar surface area (TPSA) is 105 Å². The molecule has 1 aliphatic carbocycles. The van der Waals surface area contributed by atoms with Crippen LogP contribution in [0, 0.1) is 5.41 Å². The predicted molar refractivity (Wildman–Crippen MR) is 134 cm³/mol. The van der Waals surface area contributed by atoms with Crippen molar-refractivity contribution in [2.75, 3.05) is 18.6 Å². The highest BCUT2D eigenvalue weighted by molar-refractivity contribution is 7.98. The van der Waals surface area contributed by atoms with Crippen LogP contribution in [0.15, 0.2) is 48.5 Å². The van der Waals surface area contributed by atoms with Crippen molar-refractivity contribution < 1.29 is 24.2 Å². The van der Waals surface area contributed by atoms with E-state index in [1.165, 1.54) is 11.8 Å². The van der Waals surface area contributed by atoms with Crippen LogP contribution >= 0.6 is 11.8 Å². The maximum atomic E-state index is 12.9. The Kier molecular flexibility index (Phi) is 8.25. The summed E-state index contributed by atoms with van der Waals surface area (Å²) in [5, 5.41) is 14.7. The molecule has 182 valence electrons. The molecule has 2 aromatic rings. The number of hydrogen-bond acceptors (Lipinski definition) is 5. The molecule has 3 rings (SSSR count). The Bertz CT molecular complexity index is 1000. The van der Waals surface area contributed by atoms with Gasteiger partial charge in [0.05, 0.1) is 0 Å². The molecule has 2 aromatic carbocycles. The van der Waals surface area contributed by atoms with Gasteiger partial charge in [0, 0.05) is 5.92 Å². The highest BCUT2D eigenvalue weighted by atomic mass is 32.2. The Morgan fingerprint density at radius 3 is 2.06 bits per heavy atom. The lowest BCUT2D eigenvalue weighted by Crippen LogP contribution is -2.55. The largest absolute Gasteiger partial charge is 0.480 e. The number of alkyl carbamates (subject to hydrolysis) is 1. The Morgan fingerprint density at radius 1 is 1.00 bits per heavy atom. The van der Waals surface area contributed by atoms with Gasteiger partial charge in [-0.1, -0.05) is 69.3 Å². The number of carbonyl (C=O) groups is 3. The Hall–Kier alpha value is -3.00. The van der Waals surface area contributed by atoms with E-state index in [2.05, 4.69) is 22.8 Å². The first-order chi connectivity index (χ1) is 16.1. The van der Waals surface area contributed by atoms with E-state index >= 15 is 0 Å². The molecule has 2 atom stereocenters. The molecule has 0 aromatic heterocycles. The van der Waals surface area contributed by atoms with E-state index in [1.807, 2.05) is 42.7 Å². The summed E-state index contributed by atoms with van der Waals surface area (Å²) in [7, 11) is 0. The molecule has 2 amide bonds. The van der Waals surface area contributed by atoms with Crippen molar-refractivity contribution in [3.8, 4) is 11.1 Å². The van der Waals surface area contributed by atoms with E-state index in [0.717, 1.165) is 22.3 Å². The first-order valence-corrected chi connectivity index (χ1v) is 12.7. The van der Waals surface area contributed by atoms with Crippen molar-refractivity contribution in [2.45, 2.75) is 45.2 Å². The lowest BCUT2D eigenvalue weighted by Gasteiger charge is -2.29. The SMILES string of the molecule is CSCC[C@@H](NC(=O)OCC1c2ccccc2-c2ccccc21)C(=O)N[C@@H](C(=O)O)C(C)(C)C. The number of amides is 2. The van der Waals surface area contributed by atoms with Gasteiger partial charge in [-0.2, -0.15) is 11.8 Å². The zero-order valence-corrected chi connectivity index (χ0v) is 20.8. The molecule has 0 fully saturated rings. The van der Waals surface area contributed by atoms with Crippen LogP contribution in [0.5, 0.6) is 0 Å². The molecule has 0 unspecified atom stereocenters. The first-order valence-electron chi connectivity index (χ1n) is 11.3. The second-order valence-electron chi connectivity index (χ2n) is 9.45. The smallest absolute Gasteiger partial charge is 0.407 e. The van der Waals surface area contributed by atoms with Crippen LogP contribution in [0.2, 0.25) is 0 Å². The van der Waals surface area contributed by atoms with Crippen LogP contribution in [0.4, 0.5) is 4.79 Å². The van der Waals surface area contributed by atoms with E-state index in [0.29, 0.717) is 12.2 Å². The fraction of sp³-hybridized carbons (Fsp3) is 0.423. The van der Waals surface area contributed by atoms with Gasteiger partial charge in [0.1, 0.15) is 18.7 Å². The lowest BCUT2D eigenvalue weighted by atomic mass is 9.86. The van der Waals surface area contributed by atoms with Gasteiger partial charge in [-0.3, -0.25) is 4.79 Å². The number of carboxylic acids is 1. The van der Waals surface area contributed by atoms with Crippen molar-refractivity contribution in [1.82, 2.24) is 10.6 Å². The number of fused-ring (bicyclic) bond motifs is 3. The summed E-state index contributed by atoms with van der Waals surface area (Å²) in [6, 6.07) is 14.1. The van der Waals surface area contributed by atoms with Crippen molar-refractivity contribution >= 4 is 29.7 Å². The second kappa shape index (κ2) is 11.0. The average Bonchev–Trinajstić information content (AvgIpc) is 3.11. The summed E-state index contributed by atoms with van der Waals surface area (Å²) in [5.41, 5.74) is 3.78. The maximum Gasteiger partial charge on any atom is 0.407 e. The minimum atomic E-state index is -1.12. The van der Waals surface area contributed by atoms with E-state index in [9.17, 15) is 19.5 Å². The molecule has 0 heterocycles. The number of carboxylic acid groups (broad SMARTS) is 1. The van der Waals surface area contributed by atoms with Crippen LogP contribution in [0.3, 0.4) is 0 Å². The standard InChI is InChI=1S/C26H32N2O5S/c1-26(2,3)22(24(30)31)28-23(29)21(13-14-34-4)27-25(32)33-15-20-18-11-7-5-9-16(18)17-10-6-8-12-19(17)20/h5-12,20-22H,13-15H2,1-4H3,(H,27,32)(H,28,29)(H,30,31)/t21-,22+/m1/s1. The highest BCUT2D eigenvalue weighted by Crippen LogP contribution is 2.44. The quantitative estimate of drug-likeness (QED) is 0.491. The molecule has 0 radical (unpaired) electrons. The molecule has 0 bridgehead atoms. The average molecular weight is 485 g/mol. The fourth-order valence-electron chi connectivity index (χ4n) is 4.18. The first kappa shape index (κ1) is 25.6. The van der Waals surface area contributed by atoms with Crippen molar-refractivity contribution in [3.05, 3.63) is 59.7 Å². The summed E-state index contributed by atoms with van der Waals surface area (Å²) in [6.07, 6.45) is 1.55. The summed E-state index contributed by atoms with van der Waals surface area (Å²) in [5.74, 6) is -1.13. The highest BCUT2D eigenvalue weighted by Gasteiger charge is 2.35. The van der Waals surface area contributed by atoms with E-state index in [4.69, 9.17) is 4.74 Å². The number of carbonyl (C=O) groups excluding carboxylic acids is 2. The summed E-state index contributed by atoms with van der Waals surface area (Å²) < 4.78 is 5.57. The van der Waals surface area contributed by atoms with Crippen molar-refractivity contribution in [2.24, 2.45) is 5.41 Å². The predicted octanol–water partition coefficient (Wildman–Crippen LogP) is 4.26. The number of rotatable bonds is 9. The number of aliphatic carboxylic acids is 1. The Morgan fingerprint density at radius 2 is 1.56 bits per heavy atom. The number of thioether (sulfide) groups is 1. The van der Waals surface area contributed by atoms with Crippen LogP contribution < -0.4 is 10.6 Å². The van der Waals surface area contributed by atoms with Gasteiger partial charge in [0.2, 0.25) is 5.91 Å². The van der Waals surface area contributed by atoms with Gasteiger partial charge >= 0.3 is 12.1 Å². The third-order valence-electron chi connectivity index (χ3n) is 5.96. The summed E-state index contributed by atoms with van der Waals surface area (Å²) in [6.45, 7) is 5.35. The number of nitrogens with one attached hydrogen (secondary N) is 2. The Labute approximate surface area is 204 Å². The van der Waals surface area contributed by atoms with Crippen LogP contribution in [-0.2, 0) is 14.3 Å². The van der Waals surface area contributed by atoms with E-state index in [1.54, 1.807) is 20.8 Å². The molecule has 0 saturated carbocycles. The van der Waals surface area contributed by atoms with E-state index in [-0.39, 0.29) is 12.5 Å². The molecule has 1 aliphatic rings. The normalized spacial score (nSPS) is 14.5. The number of hydrogen-bond donors (Lipinski definition) is 3. The maximum absolute atomic E-state index is 12.9. The number of ether oxygens (including phenoxy) is 1. The minimum absolute atomic E-state index is 0.0890. The molecule has 3 N–H and O–H groups in total. The third kappa shape index (κ3) is 5.91. The monoisotopic (exact) mass is 484 g/mol. The molecular weight excluding hydrogens is 452 g/mol. The molecule has 0 saturated heterocycles. The molecular formula is C26H32N2O5S. The van der Waals surface area contributed by atoms with Crippen molar-refractivity contribution in [1.29, 1.82) is 0 Å². The van der Waals surface area contributed by atoms with Gasteiger partial charge in [-0.15, -0.1) is 0 Å². The van der Waals surface area contributed by atoms with Crippen LogP contribution in [0.25, 0.3) is 11.1 Å². The third-order valence-corrected chi connectivity index (χ3v) is 6.61. The van der Waals surface area contributed by atoms with Gasteiger partial charge < -0.3 is 20.5 Å². The molecule has 8 heteroatoms. The minimum Gasteiger partial charge on any atom is -0.480 e. The van der Waals surface area contributed by atoms with Gasteiger partial charge in [0.25, 0.3) is 0 Å². The fourth-order valence-corrected chi connectivity index (χ4v) is 4.65. The summed E-state index contributed by atoms with van der Waals surface area (Å²) >= 11 is 1.54. The van der Waals surface area contributed by atoms with Gasteiger partial charge in [-0.25, -0.2) is 9.59 Å². The second-order valence-corrected chi connectivity index (χ2v) is 10.4. The molecule has 0 spiro atoms. The van der Waals surface area contributed by atoms with Gasteiger partial charge in [0.15, 0.2) is 0 Å². The summed E-state index contributed by atoms with van der Waals surface area (Å²) in [4.78, 5) is 37.2. The molecule has 7 nitrogen and oxygen atoms in total. The zero-order chi connectivity index (χ0) is 24.9. The number of benzene rings is 2. The van der Waals surface area contributed by atoms with Crippen LogP contribution in [-0.4, -0.2) is 53.8 Å². The Balaban J connectivity index is 1.67. The zero-order valence-electron chi connectivity index (χ0n) is 20.0. The van der Waals surface area contributed by atoms with Gasteiger partial charge in [-0.05, 0) is 46.1 Å². The van der Waals surface area contributed by atoms with E-state index < -0.39 is 35.5 Å².